The first kappa shape index (κ1) is 12.6. The van der Waals surface area contributed by atoms with Gasteiger partial charge in [-0.2, -0.15) is 0 Å². The lowest BCUT2D eigenvalue weighted by Crippen LogP contribution is -2.03. The largest absolute Gasteiger partial charge is 0.478 e. The lowest BCUT2D eigenvalue weighted by molar-refractivity contribution is 0.0697. The molecule has 14 heavy (non-hydrogen) atoms. The normalized spacial score (nSPS) is 10.5. The van der Waals surface area contributed by atoms with Gasteiger partial charge < -0.3 is 10.8 Å². The van der Waals surface area contributed by atoms with Crippen molar-refractivity contribution in [1.29, 1.82) is 0 Å². The van der Waals surface area contributed by atoms with E-state index < -0.39 is 5.97 Å². The third kappa shape index (κ3) is 3.57. The van der Waals surface area contributed by atoms with E-state index in [1.165, 1.54) is 12.1 Å². The monoisotopic (exact) mass is 258 g/mol. The average molecular weight is 259 g/mol. The van der Waals surface area contributed by atoms with Gasteiger partial charge in [-0.05, 0) is 31.2 Å². The molecule has 0 aromatic heterocycles. The van der Waals surface area contributed by atoms with Crippen LogP contribution in [-0.4, -0.2) is 16.9 Å². The highest BCUT2D eigenvalue weighted by Crippen LogP contribution is 2.12. The highest BCUT2D eigenvalue weighted by molar-refractivity contribution is 8.93. The van der Waals surface area contributed by atoms with Crippen LogP contribution in [0.5, 0.6) is 0 Å². The van der Waals surface area contributed by atoms with Crippen molar-refractivity contribution in [3.8, 4) is 0 Å². The Labute approximate surface area is 92.2 Å². The fraction of sp³-hybridized carbons (Fsp3) is 0.111. The molecule has 3 N–H and O–H groups in total. The molecule has 0 saturated heterocycles. The van der Waals surface area contributed by atoms with Gasteiger partial charge in [-0.3, -0.25) is 0 Å². The Morgan fingerprint density at radius 3 is 2.21 bits per heavy atom. The quantitative estimate of drug-likeness (QED) is 0.629. The van der Waals surface area contributed by atoms with Gasteiger partial charge in [-0.1, -0.05) is 0 Å². The zero-order chi connectivity index (χ0) is 9.84. The van der Waals surface area contributed by atoms with E-state index in [0.717, 1.165) is 0 Å². The Bertz CT molecular complexity index is 342. The van der Waals surface area contributed by atoms with Crippen molar-refractivity contribution in [2.24, 2.45) is 10.7 Å². The van der Waals surface area contributed by atoms with E-state index in [1.54, 1.807) is 19.1 Å². The molecule has 0 aliphatic heterocycles. The van der Waals surface area contributed by atoms with E-state index in [1.807, 2.05) is 0 Å². The number of carboxylic acid groups (broad SMARTS) is 1. The van der Waals surface area contributed by atoms with E-state index in [2.05, 4.69) is 4.99 Å². The van der Waals surface area contributed by atoms with Crippen LogP contribution < -0.4 is 5.73 Å². The Morgan fingerprint density at radius 2 is 1.86 bits per heavy atom. The van der Waals surface area contributed by atoms with E-state index in [4.69, 9.17) is 10.8 Å². The van der Waals surface area contributed by atoms with E-state index in [-0.39, 0.29) is 22.5 Å². The topological polar surface area (TPSA) is 75.7 Å². The number of halogens is 1. The maximum atomic E-state index is 10.5. The molecule has 0 aliphatic rings. The van der Waals surface area contributed by atoms with Crippen LogP contribution in [0.4, 0.5) is 5.69 Å². The zero-order valence-corrected chi connectivity index (χ0v) is 9.31. The highest BCUT2D eigenvalue weighted by Gasteiger charge is 2.00. The van der Waals surface area contributed by atoms with Crippen LogP contribution in [0.25, 0.3) is 0 Å². The molecular weight excluding hydrogens is 248 g/mol. The molecule has 0 fully saturated rings. The van der Waals surface area contributed by atoms with Crippen molar-refractivity contribution >= 4 is 34.5 Å². The van der Waals surface area contributed by atoms with Gasteiger partial charge in [0.15, 0.2) is 0 Å². The summed E-state index contributed by atoms with van der Waals surface area (Å²) in [6.07, 6.45) is 0. The van der Waals surface area contributed by atoms with Crippen LogP contribution in [0, 0.1) is 0 Å². The van der Waals surface area contributed by atoms with Crippen molar-refractivity contribution in [1.82, 2.24) is 0 Å². The van der Waals surface area contributed by atoms with Gasteiger partial charge in [0.05, 0.1) is 17.1 Å². The van der Waals surface area contributed by atoms with Crippen LogP contribution >= 0.6 is 17.0 Å². The number of hydrogen-bond acceptors (Lipinski definition) is 2. The van der Waals surface area contributed by atoms with Gasteiger partial charge in [0, 0.05) is 0 Å². The van der Waals surface area contributed by atoms with Crippen LogP contribution in [0.3, 0.4) is 0 Å². The summed E-state index contributed by atoms with van der Waals surface area (Å²) in [6, 6.07) is 6.20. The Morgan fingerprint density at radius 1 is 1.36 bits per heavy atom. The molecule has 0 aliphatic carbocycles. The number of amidine groups is 1. The van der Waals surface area contributed by atoms with Crippen molar-refractivity contribution < 1.29 is 9.90 Å². The third-order valence-electron chi connectivity index (χ3n) is 1.42. The van der Waals surface area contributed by atoms with Crippen molar-refractivity contribution in [2.45, 2.75) is 6.92 Å². The molecule has 76 valence electrons. The summed E-state index contributed by atoms with van der Waals surface area (Å²) in [7, 11) is 0. The Kier molecular flexibility index (Phi) is 4.86. The molecule has 0 spiro atoms. The van der Waals surface area contributed by atoms with E-state index >= 15 is 0 Å². The molecule has 0 unspecified atom stereocenters. The number of aliphatic imine (C=N–C) groups is 1. The molecule has 4 nitrogen and oxygen atoms in total. The predicted octanol–water partition coefficient (Wildman–Crippen LogP) is 1.97. The molecule has 0 radical (unpaired) electrons. The molecule has 0 amide bonds. The van der Waals surface area contributed by atoms with Gasteiger partial charge in [0.1, 0.15) is 0 Å². The number of hydrogen-bond donors (Lipinski definition) is 2. The molecule has 0 saturated carbocycles. The van der Waals surface area contributed by atoms with E-state index in [9.17, 15) is 4.79 Å². The number of aromatic carboxylic acids is 1. The molecule has 5 heteroatoms. The summed E-state index contributed by atoms with van der Waals surface area (Å²) in [5.41, 5.74) is 6.26. The molecule has 0 bridgehead atoms. The second-order valence-electron chi connectivity index (χ2n) is 2.61. The molecule has 0 atom stereocenters. The molecule has 1 rings (SSSR count). The highest BCUT2D eigenvalue weighted by atomic mass is 79.9. The average Bonchev–Trinajstić information content (AvgIpc) is 2.04. The number of carboxylic acids is 1. The van der Waals surface area contributed by atoms with Crippen LogP contribution in [-0.2, 0) is 0 Å². The minimum Gasteiger partial charge on any atom is -0.478 e. The second kappa shape index (κ2) is 5.39. The minimum atomic E-state index is -0.944. The van der Waals surface area contributed by atoms with Crippen LogP contribution in [0.1, 0.15) is 17.3 Å². The summed E-state index contributed by atoms with van der Waals surface area (Å²) in [6.45, 7) is 1.67. The van der Waals surface area contributed by atoms with Gasteiger partial charge in [0.2, 0.25) is 0 Å². The summed E-state index contributed by atoms with van der Waals surface area (Å²) in [5.74, 6) is -0.497. The SMILES string of the molecule is Br.CC(N)=Nc1ccc(C(=O)O)cc1. The second-order valence-corrected chi connectivity index (χ2v) is 2.61. The Hall–Kier alpha value is -1.36. The van der Waals surface area contributed by atoms with Crippen molar-refractivity contribution in [3.63, 3.8) is 0 Å². The molecule has 1 aromatic carbocycles. The summed E-state index contributed by atoms with van der Waals surface area (Å²) >= 11 is 0. The van der Waals surface area contributed by atoms with Crippen molar-refractivity contribution in [3.05, 3.63) is 29.8 Å². The van der Waals surface area contributed by atoms with Gasteiger partial charge >= 0.3 is 5.97 Å². The first-order chi connectivity index (χ1) is 6.09. The van der Waals surface area contributed by atoms with Gasteiger partial charge in [0.25, 0.3) is 0 Å². The molecule has 1 aromatic rings. The van der Waals surface area contributed by atoms with Gasteiger partial charge in [-0.15, -0.1) is 17.0 Å². The van der Waals surface area contributed by atoms with Crippen LogP contribution in [0.2, 0.25) is 0 Å². The maximum absolute atomic E-state index is 10.5. The first-order valence-electron chi connectivity index (χ1n) is 3.73. The standard InChI is InChI=1S/C9H10N2O2.BrH/c1-6(10)11-8-4-2-7(3-5-8)9(12)13;/h2-5H,1H3,(H2,10,11)(H,12,13);1H. The maximum Gasteiger partial charge on any atom is 0.335 e. The molecular formula is C9H11BrN2O2. The van der Waals surface area contributed by atoms with Crippen molar-refractivity contribution in [2.75, 3.05) is 0 Å². The van der Waals surface area contributed by atoms with Crippen LogP contribution in [0.15, 0.2) is 29.3 Å². The third-order valence-corrected chi connectivity index (χ3v) is 1.42. The fourth-order valence-electron chi connectivity index (χ4n) is 0.882. The lowest BCUT2D eigenvalue weighted by Gasteiger charge is -1.96. The lowest BCUT2D eigenvalue weighted by atomic mass is 10.2. The van der Waals surface area contributed by atoms with E-state index in [0.29, 0.717) is 11.5 Å². The summed E-state index contributed by atoms with van der Waals surface area (Å²) in [4.78, 5) is 14.4. The fourth-order valence-corrected chi connectivity index (χ4v) is 0.882. The number of rotatable bonds is 2. The number of nitrogens with zero attached hydrogens (tertiary/aromatic N) is 1. The molecule has 0 heterocycles. The minimum absolute atomic E-state index is 0. The summed E-state index contributed by atoms with van der Waals surface area (Å²) in [5, 5.41) is 8.60. The zero-order valence-electron chi connectivity index (χ0n) is 7.60. The number of carbonyl (C=O) groups is 1. The first-order valence-corrected chi connectivity index (χ1v) is 3.73. The smallest absolute Gasteiger partial charge is 0.335 e. The van der Waals surface area contributed by atoms with Gasteiger partial charge in [-0.25, -0.2) is 9.79 Å². The Balaban J connectivity index is 0.00000169. The summed E-state index contributed by atoms with van der Waals surface area (Å²) < 4.78 is 0. The predicted molar refractivity (Wildman–Crippen MR) is 60.7 cm³/mol. The number of benzene rings is 1. The number of nitrogens with two attached hydrogens (primary N) is 1.